The molecule has 5 heteroatoms. The van der Waals surface area contributed by atoms with Crippen molar-refractivity contribution in [1.82, 2.24) is 15.0 Å². The van der Waals surface area contributed by atoms with Gasteiger partial charge in [-0.25, -0.2) is 9.97 Å². The van der Waals surface area contributed by atoms with Crippen molar-refractivity contribution in [2.45, 2.75) is 38.6 Å². The zero-order valence-corrected chi connectivity index (χ0v) is 15.7. The van der Waals surface area contributed by atoms with Crippen molar-refractivity contribution < 1.29 is 4.74 Å². The monoisotopic (exact) mass is 362 g/mol. The van der Waals surface area contributed by atoms with Gasteiger partial charge in [0.15, 0.2) is 0 Å². The number of hydrogen-bond donors (Lipinski definition) is 2. The van der Waals surface area contributed by atoms with Gasteiger partial charge in [-0.15, -0.1) is 0 Å². The fourth-order valence-corrected chi connectivity index (χ4v) is 4.95. The summed E-state index contributed by atoms with van der Waals surface area (Å²) in [5.74, 6) is 2.24. The molecule has 3 aromatic rings. The van der Waals surface area contributed by atoms with Gasteiger partial charge in [-0.2, -0.15) is 0 Å². The Kier molecular flexibility index (Phi) is 4.32. The lowest BCUT2D eigenvalue weighted by Crippen LogP contribution is -2.35. The van der Waals surface area contributed by atoms with Gasteiger partial charge in [-0.3, -0.25) is 0 Å². The van der Waals surface area contributed by atoms with Gasteiger partial charge >= 0.3 is 0 Å². The summed E-state index contributed by atoms with van der Waals surface area (Å²) in [4.78, 5) is 12.3. The molecule has 2 aliphatic rings. The Hall–Kier alpha value is -2.40. The van der Waals surface area contributed by atoms with Crippen LogP contribution < -0.4 is 5.32 Å². The lowest BCUT2D eigenvalue weighted by molar-refractivity contribution is 0.0397. The van der Waals surface area contributed by atoms with Crippen LogP contribution in [-0.4, -0.2) is 28.2 Å². The number of anilines is 1. The largest absolute Gasteiger partial charge is 0.381 e. The van der Waals surface area contributed by atoms with E-state index in [9.17, 15) is 0 Å². The van der Waals surface area contributed by atoms with Crippen LogP contribution in [0.2, 0.25) is 0 Å². The molecule has 5 nitrogen and oxygen atoms in total. The number of aromatic nitrogens is 3. The summed E-state index contributed by atoms with van der Waals surface area (Å²) in [6.45, 7) is 3.85. The van der Waals surface area contributed by atoms with Crippen molar-refractivity contribution >= 4 is 16.9 Å². The first-order chi connectivity index (χ1) is 13.3. The smallest absolute Gasteiger partial charge is 0.143 e. The molecule has 2 aromatic heterocycles. The van der Waals surface area contributed by atoms with Gasteiger partial charge < -0.3 is 15.0 Å². The summed E-state index contributed by atoms with van der Waals surface area (Å²) < 4.78 is 5.63. The third-order valence-corrected chi connectivity index (χ3v) is 6.29. The summed E-state index contributed by atoms with van der Waals surface area (Å²) in [7, 11) is 0. The topological polar surface area (TPSA) is 62.8 Å². The number of benzene rings is 1. The zero-order chi connectivity index (χ0) is 18.2. The van der Waals surface area contributed by atoms with Crippen LogP contribution in [0.25, 0.3) is 11.0 Å². The normalized spacial score (nSPS) is 23.3. The van der Waals surface area contributed by atoms with Gasteiger partial charge in [0.1, 0.15) is 17.8 Å². The van der Waals surface area contributed by atoms with E-state index in [4.69, 9.17) is 4.74 Å². The molecule has 2 N–H and O–H groups in total. The summed E-state index contributed by atoms with van der Waals surface area (Å²) >= 11 is 0. The minimum absolute atomic E-state index is 0.284. The molecular weight excluding hydrogens is 336 g/mol. The Morgan fingerprint density at radius 1 is 1.11 bits per heavy atom. The van der Waals surface area contributed by atoms with Crippen LogP contribution in [0.1, 0.15) is 42.1 Å². The predicted octanol–water partition coefficient (Wildman–Crippen LogP) is 4.41. The van der Waals surface area contributed by atoms with Gasteiger partial charge in [-0.1, -0.05) is 24.3 Å². The SMILES string of the molecule is Cc1cc2c(N[C@H]3c4ccccc4CC[C@@H]3C3CCOCC3)ncnc2[nH]1. The molecule has 1 aliphatic heterocycles. The van der Waals surface area contributed by atoms with E-state index in [0.29, 0.717) is 11.8 Å². The minimum Gasteiger partial charge on any atom is -0.381 e. The van der Waals surface area contributed by atoms with E-state index < -0.39 is 0 Å². The molecule has 0 unspecified atom stereocenters. The van der Waals surface area contributed by atoms with Crippen molar-refractivity contribution in [1.29, 1.82) is 0 Å². The lowest BCUT2D eigenvalue weighted by Gasteiger charge is -2.40. The lowest BCUT2D eigenvalue weighted by atomic mass is 9.71. The summed E-state index contributed by atoms with van der Waals surface area (Å²) in [6, 6.07) is 11.3. The van der Waals surface area contributed by atoms with Crippen LogP contribution in [0, 0.1) is 18.8 Å². The van der Waals surface area contributed by atoms with Gasteiger partial charge in [0.25, 0.3) is 0 Å². The Morgan fingerprint density at radius 3 is 2.85 bits per heavy atom. The number of ether oxygens (including phenoxy) is 1. The van der Waals surface area contributed by atoms with Crippen LogP contribution in [0.3, 0.4) is 0 Å². The van der Waals surface area contributed by atoms with Crippen molar-refractivity contribution in [2.24, 2.45) is 11.8 Å². The number of nitrogens with one attached hydrogen (secondary N) is 2. The number of nitrogens with zero attached hydrogens (tertiary/aromatic N) is 2. The maximum absolute atomic E-state index is 5.63. The Balaban J connectivity index is 1.54. The van der Waals surface area contributed by atoms with Gasteiger partial charge in [0.2, 0.25) is 0 Å². The molecular formula is C22H26N4O. The van der Waals surface area contributed by atoms with Gasteiger partial charge in [-0.05, 0) is 61.6 Å². The molecule has 0 spiro atoms. The standard InChI is InChI=1S/C22H26N4O/c1-14-12-19-21(25-14)23-13-24-22(19)26-20-17-5-3-2-4-15(17)6-7-18(20)16-8-10-27-11-9-16/h2-5,12-13,16,18,20H,6-11H2,1H3,(H2,23,24,25,26)/t18-,20+/m1/s1. The second-order valence-corrected chi connectivity index (χ2v) is 7.91. The predicted molar refractivity (Wildman–Crippen MR) is 107 cm³/mol. The number of aryl methyl sites for hydroxylation is 2. The fraction of sp³-hybridized carbons (Fsp3) is 0.455. The number of fused-ring (bicyclic) bond motifs is 2. The number of H-pyrrole nitrogens is 1. The maximum Gasteiger partial charge on any atom is 0.143 e. The molecule has 1 saturated heterocycles. The van der Waals surface area contributed by atoms with Crippen LogP contribution in [0.4, 0.5) is 5.82 Å². The average Bonchev–Trinajstić information content (AvgIpc) is 3.10. The van der Waals surface area contributed by atoms with Crippen LogP contribution in [-0.2, 0) is 11.2 Å². The molecule has 1 aromatic carbocycles. The number of rotatable bonds is 3. The zero-order valence-electron chi connectivity index (χ0n) is 15.7. The van der Waals surface area contributed by atoms with Crippen LogP contribution >= 0.6 is 0 Å². The third-order valence-electron chi connectivity index (χ3n) is 6.29. The van der Waals surface area contributed by atoms with Gasteiger partial charge in [0, 0.05) is 18.9 Å². The summed E-state index contributed by atoms with van der Waals surface area (Å²) in [6.07, 6.45) is 6.36. The molecule has 0 bridgehead atoms. The quantitative estimate of drug-likeness (QED) is 0.724. The molecule has 2 atom stereocenters. The van der Waals surface area contributed by atoms with Gasteiger partial charge in [0.05, 0.1) is 11.4 Å². The maximum atomic E-state index is 5.63. The highest BCUT2D eigenvalue weighted by Gasteiger charge is 2.36. The number of aromatic amines is 1. The Bertz CT molecular complexity index is 944. The van der Waals surface area contributed by atoms with Crippen molar-refractivity contribution in [2.75, 3.05) is 18.5 Å². The molecule has 27 heavy (non-hydrogen) atoms. The molecule has 0 saturated carbocycles. The second-order valence-electron chi connectivity index (χ2n) is 7.91. The third kappa shape index (κ3) is 3.10. The van der Waals surface area contributed by atoms with Crippen molar-refractivity contribution in [3.63, 3.8) is 0 Å². The summed E-state index contributed by atoms with van der Waals surface area (Å²) in [5.41, 5.74) is 4.91. The first kappa shape index (κ1) is 16.8. The second kappa shape index (κ2) is 6.97. The molecule has 1 fully saturated rings. The molecule has 140 valence electrons. The highest BCUT2D eigenvalue weighted by atomic mass is 16.5. The van der Waals surface area contributed by atoms with E-state index in [0.717, 1.165) is 48.6 Å². The van der Waals surface area contributed by atoms with Crippen LogP contribution in [0.15, 0.2) is 36.7 Å². The molecule has 5 rings (SSSR count). The first-order valence-corrected chi connectivity index (χ1v) is 10.0. The average molecular weight is 362 g/mol. The fourth-order valence-electron chi connectivity index (χ4n) is 4.95. The van der Waals surface area contributed by atoms with E-state index in [1.165, 1.54) is 24.0 Å². The van der Waals surface area contributed by atoms with Crippen molar-refractivity contribution in [3.8, 4) is 0 Å². The van der Waals surface area contributed by atoms with E-state index in [1.54, 1.807) is 6.33 Å². The van der Waals surface area contributed by atoms with E-state index in [-0.39, 0.29) is 6.04 Å². The number of hydrogen-bond acceptors (Lipinski definition) is 4. The Morgan fingerprint density at radius 2 is 1.96 bits per heavy atom. The highest BCUT2D eigenvalue weighted by molar-refractivity contribution is 5.87. The molecule has 1 aliphatic carbocycles. The molecule has 0 amide bonds. The van der Waals surface area contributed by atoms with E-state index >= 15 is 0 Å². The van der Waals surface area contributed by atoms with E-state index in [1.807, 2.05) is 0 Å². The van der Waals surface area contributed by atoms with Crippen LogP contribution in [0.5, 0.6) is 0 Å². The molecule has 0 radical (unpaired) electrons. The highest BCUT2D eigenvalue weighted by Crippen LogP contribution is 2.43. The van der Waals surface area contributed by atoms with Crippen molar-refractivity contribution in [3.05, 3.63) is 53.5 Å². The first-order valence-electron chi connectivity index (χ1n) is 10.0. The Labute approximate surface area is 159 Å². The molecule has 3 heterocycles. The summed E-state index contributed by atoms with van der Waals surface area (Å²) in [5, 5.41) is 4.90. The minimum atomic E-state index is 0.284. The van der Waals surface area contributed by atoms with E-state index in [2.05, 4.69) is 57.5 Å².